The summed E-state index contributed by atoms with van der Waals surface area (Å²) < 4.78 is 3.65. The molecule has 0 atom stereocenters. The molecule has 0 aliphatic heterocycles. The summed E-state index contributed by atoms with van der Waals surface area (Å²) in [5.74, 6) is 3.51. The molecule has 4 aliphatic carbocycles. The fourth-order valence-corrected chi connectivity index (χ4v) is 6.38. The molecule has 2 aromatic rings. The van der Waals surface area contributed by atoms with Gasteiger partial charge in [-0.15, -0.1) is 0 Å². The van der Waals surface area contributed by atoms with E-state index in [9.17, 15) is 0 Å². The number of nitrogens with two attached hydrogens (primary N) is 1. The average Bonchev–Trinajstić information content (AvgIpc) is 2.72. The number of anilines is 1. The van der Waals surface area contributed by atoms with E-state index in [0.717, 1.165) is 29.2 Å². The van der Waals surface area contributed by atoms with Crippen molar-refractivity contribution in [3.05, 3.63) is 21.8 Å². The van der Waals surface area contributed by atoms with Gasteiger partial charge in [0, 0.05) is 9.11 Å². The Morgan fingerprint density at radius 1 is 1.10 bits per heavy atom. The molecule has 2 N–H and O–H groups in total. The predicted octanol–water partition coefficient (Wildman–Crippen LogP) is 4.15. The number of halogens is 1. The Bertz CT molecular complexity index is 698. The molecule has 0 radical (unpaired) electrons. The lowest BCUT2D eigenvalue weighted by molar-refractivity contribution is -0.0398. The molecule has 4 aliphatic rings. The van der Waals surface area contributed by atoms with E-state index in [1.807, 2.05) is 0 Å². The first-order chi connectivity index (χ1) is 10.1. The number of benzene rings is 1. The average molecular weight is 393 g/mol. The number of fused-ring (bicyclic) bond motifs is 1. The zero-order valence-corrected chi connectivity index (χ0v) is 14.2. The molecule has 0 unspecified atom stereocenters. The van der Waals surface area contributed by atoms with E-state index in [2.05, 4.69) is 50.3 Å². The Morgan fingerprint density at radius 3 is 2.33 bits per heavy atom. The van der Waals surface area contributed by atoms with Gasteiger partial charge < -0.3 is 10.3 Å². The normalized spacial score (nSPS) is 37.5. The molecule has 110 valence electrons. The van der Waals surface area contributed by atoms with E-state index in [0.29, 0.717) is 0 Å². The second-order valence-corrected chi connectivity index (χ2v) is 8.83. The van der Waals surface area contributed by atoms with Gasteiger partial charge in [-0.3, -0.25) is 0 Å². The van der Waals surface area contributed by atoms with Crippen LogP contribution in [0.1, 0.15) is 38.5 Å². The van der Waals surface area contributed by atoms with Crippen LogP contribution >= 0.6 is 22.6 Å². The minimum atomic E-state index is 0.264. The van der Waals surface area contributed by atoms with Crippen molar-refractivity contribution in [1.82, 2.24) is 9.55 Å². The molecular weight excluding hydrogens is 373 g/mol. The topological polar surface area (TPSA) is 43.8 Å². The van der Waals surface area contributed by atoms with Gasteiger partial charge in [-0.05, 0) is 97.1 Å². The number of nitrogens with zero attached hydrogens (tertiary/aromatic N) is 2. The van der Waals surface area contributed by atoms with E-state index in [-0.39, 0.29) is 5.54 Å². The van der Waals surface area contributed by atoms with Crippen LogP contribution in [0.25, 0.3) is 11.0 Å². The van der Waals surface area contributed by atoms with Crippen LogP contribution in [-0.2, 0) is 5.54 Å². The van der Waals surface area contributed by atoms with Crippen molar-refractivity contribution in [3.63, 3.8) is 0 Å². The quantitative estimate of drug-likeness (QED) is 0.740. The number of imidazole rings is 1. The van der Waals surface area contributed by atoms with Gasteiger partial charge in [-0.25, -0.2) is 4.98 Å². The van der Waals surface area contributed by atoms with Crippen molar-refractivity contribution >= 4 is 39.6 Å². The van der Waals surface area contributed by atoms with Gasteiger partial charge in [0.2, 0.25) is 5.95 Å². The standard InChI is InChI=1S/C17H20IN3/c18-13-1-2-15-14(6-13)20-16(19)21(15)17-7-10-3-11(8-17)5-12(4-10)9-17/h1-2,6,10-12H,3-5,7-9H2,(H2,19,20). The summed E-state index contributed by atoms with van der Waals surface area (Å²) in [7, 11) is 0. The molecule has 1 aromatic heterocycles. The number of rotatable bonds is 1. The van der Waals surface area contributed by atoms with E-state index >= 15 is 0 Å². The fourth-order valence-electron chi connectivity index (χ4n) is 5.91. The Kier molecular flexibility index (Phi) is 2.52. The van der Waals surface area contributed by atoms with Crippen molar-refractivity contribution < 1.29 is 0 Å². The Hall–Kier alpha value is -0.780. The van der Waals surface area contributed by atoms with Crippen LogP contribution in [0.3, 0.4) is 0 Å². The van der Waals surface area contributed by atoms with Gasteiger partial charge in [0.15, 0.2) is 0 Å². The minimum Gasteiger partial charge on any atom is -0.369 e. The van der Waals surface area contributed by atoms with Crippen LogP contribution in [0.4, 0.5) is 5.95 Å². The van der Waals surface area contributed by atoms with Crippen LogP contribution in [0.2, 0.25) is 0 Å². The van der Waals surface area contributed by atoms with Gasteiger partial charge in [-0.1, -0.05) is 0 Å². The number of hydrogen-bond acceptors (Lipinski definition) is 2. The van der Waals surface area contributed by atoms with E-state index in [1.165, 1.54) is 47.6 Å². The molecule has 21 heavy (non-hydrogen) atoms. The summed E-state index contributed by atoms with van der Waals surface area (Å²) in [6.45, 7) is 0. The van der Waals surface area contributed by atoms with Crippen molar-refractivity contribution in [2.45, 2.75) is 44.1 Å². The number of nitrogen functional groups attached to an aromatic ring is 1. The van der Waals surface area contributed by atoms with E-state index in [1.54, 1.807) is 0 Å². The molecular formula is C17H20IN3. The first-order valence-corrected chi connectivity index (χ1v) is 9.15. The molecule has 4 fully saturated rings. The van der Waals surface area contributed by atoms with Gasteiger partial charge in [0.05, 0.1) is 11.0 Å². The van der Waals surface area contributed by atoms with Crippen molar-refractivity contribution in [2.24, 2.45) is 17.8 Å². The third kappa shape index (κ3) is 1.74. The van der Waals surface area contributed by atoms with Crippen LogP contribution in [-0.4, -0.2) is 9.55 Å². The van der Waals surface area contributed by atoms with Crippen LogP contribution in [0.5, 0.6) is 0 Å². The van der Waals surface area contributed by atoms with Crippen molar-refractivity contribution in [1.29, 1.82) is 0 Å². The first kappa shape index (κ1) is 12.7. The van der Waals surface area contributed by atoms with Crippen LogP contribution < -0.4 is 5.73 Å². The van der Waals surface area contributed by atoms with E-state index in [4.69, 9.17) is 5.73 Å². The highest BCUT2D eigenvalue weighted by Crippen LogP contribution is 2.59. The Balaban J connectivity index is 1.72. The van der Waals surface area contributed by atoms with Gasteiger partial charge in [-0.2, -0.15) is 0 Å². The first-order valence-electron chi connectivity index (χ1n) is 8.07. The zero-order chi connectivity index (χ0) is 14.2. The zero-order valence-electron chi connectivity index (χ0n) is 12.1. The molecule has 0 amide bonds. The monoisotopic (exact) mass is 393 g/mol. The third-order valence-corrected chi connectivity index (χ3v) is 6.79. The van der Waals surface area contributed by atoms with Crippen molar-refractivity contribution in [3.8, 4) is 0 Å². The predicted molar refractivity (Wildman–Crippen MR) is 93.0 cm³/mol. The van der Waals surface area contributed by atoms with Gasteiger partial charge in [0.25, 0.3) is 0 Å². The maximum absolute atomic E-state index is 6.37. The number of hydrogen-bond donors (Lipinski definition) is 1. The highest BCUT2D eigenvalue weighted by molar-refractivity contribution is 14.1. The van der Waals surface area contributed by atoms with Crippen molar-refractivity contribution in [2.75, 3.05) is 5.73 Å². The molecule has 6 rings (SSSR count). The molecule has 4 bridgehead atoms. The maximum atomic E-state index is 6.37. The summed E-state index contributed by atoms with van der Waals surface area (Å²) in [6, 6.07) is 6.56. The summed E-state index contributed by atoms with van der Waals surface area (Å²) >= 11 is 2.35. The van der Waals surface area contributed by atoms with Crippen LogP contribution in [0, 0.1) is 21.3 Å². The molecule has 4 saturated carbocycles. The summed E-state index contributed by atoms with van der Waals surface area (Å²) in [5.41, 5.74) is 8.95. The molecule has 0 spiro atoms. The highest BCUT2D eigenvalue weighted by atomic mass is 127. The largest absolute Gasteiger partial charge is 0.369 e. The molecule has 1 aromatic carbocycles. The second kappa shape index (κ2) is 4.15. The molecule has 0 saturated heterocycles. The van der Waals surface area contributed by atoms with E-state index < -0.39 is 0 Å². The maximum Gasteiger partial charge on any atom is 0.201 e. The molecule has 3 nitrogen and oxygen atoms in total. The molecule has 1 heterocycles. The molecule has 4 heteroatoms. The lowest BCUT2D eigenvalue weighted by Crippen LogP contribution is -2.52. The number of aromatic nitrogens is 2. The van der Waals surface area contributed by atoms with Crippen LogP contribution in [0.15, 0.2) is 18.2 Å². The van der Waals surface area contributed by atoms with Gasteiger partial charge in [0.1, 0.15) is 0 Å². The van der Waals surface area contributed by atoms with Gasteiger partial charge >= 0.3 is 0 Å². The smallest absolute Gasteiger partial charge is 0.201 e. The minimum absolute atomic E-state index is 0.264. The highest BCUT2D eigenvalue weighted by Gasteiger charge is 2.52. The SMILES string of the molecule is Nc1nc2cc(I)ccc2n1C12CC3CC(CC(C3)C1)C2. The Labute approximate surface area is 138 Å². The second-order valence-electron chi connectivity index (χ2n) is 7.58. The summed E-state index contributed by atoms with van der Waals surface area (Å²) in [6.07, 6.45) is 8.35. The lowest BCUT2D eigenvalue weighted by atomic mass is 9.53. The Morgan fingerprint density at radius 2 is 1.71 bits per heavy atom. The summed E-state index contributed by atoms with van der Waals surface area (Å²) in [5, 5.41) is 0. The third-order valence-electron chi connectivity index (χ3n) is 6.12. The lowest BCUT2D eigenvalue weighted by Gasteiger charge is -2.57. The summed E-state index contributed by atoms with van der Waals surface area (Å²) in [4.78, 5) is 4.67. The fraction of sp³-hybridized carbons (Fsp3) is 0.588.